The lowest BCUT2D eigenvalue weighted by Gasteiger charge is -2.46. The quantitative estimate of drug-likeness (QED) is 0.811. The molecule has 3 fully saturated rings. The van der Waals surface area contributed by atoms with E-state index >= 15 is 0 Å². The van der Waals surface area contributed by atoms with Crippen molar-refractivity contribution >= 4 is 11.8 Å². The maximum Gasteiger partial charge on any atom is 0.248 e. The number of rotatable bonds is 2. The fraction of sp³-hybridized carbons (Fsp3) is 0.867. The standard InChI is InChI=1S/C15H25N3O2/c1-4-10-13(19)16-15(2,3)14(20)18(10)12-7-9-17-8-5-6-11(12)17/h10-12H,4-9H2,1-3H3,(H,16,19). The Morgan fingerprint density at radius 3 is 2.65 bits per heavy atom. The van der Waals surface area contributed by atoms with E-state index in [0.29, 0.717) is 12.5 Å². The molecule has 3 atom stereocenters. The van der Waals surface area contributed by atoms with Crippen LogP contribution in [0.3, 0.4) is 0 Å². The van der Waals surface area contributed by atoms with Gasteiger partial charge in [-0.05, 0) is 46.1 Å². The first kappa shape index (κ1) is 13.9. The van der Waals surface area contributed by atoms with Gasteiger partial charge >= 0.3 is 0 Å². The highest BCUT2D eigenvalue weighted by Gasteiger charge is 2.51. The van der Waals surface area contributed by atoms with Gasteiger partial charge in [-0.2, -0.15) is 0 Å². The van der Waals surface area contributed by atoms with Gasteiger partial charge < -0.3 is 10.2 Å². The third kappa shape index (κ3) is 1.94. The summed E-state index contributed by atoms with van der Waals surface area (Å²) < 4.78 is 0. The molecule has 3 unspecified atom stereocenters. The first-order valence-electron chi connectivity index (χ1n) is 7.84. The fourth-order valence-electron chi connectivity index (χ4n) is 4.18. The van der Waals surface area contributed by atoms with Crippen molar-refractivity contribution in [3.05, 3.63) is 0 Å². The Morgan fingerprint density at radius 2 is 1.95 bits per heavy atom. The number of amides is 2. The number of piperazine rings is 1. The maximum atomic E-state index is 12.8. The molecular formula is C15H25N3O2. The molecule has 0 radical (unpaired) electrons. The molecule has 0 saturated carbocycles. The van der Waals surface area contributed by atoms with Crippen molar-refractivity contribution in [1.29, 1.82) is 0 Å². The first-order chi connectivity index (χ1) is 9.45. The van der Waals surface area contributed by atoms with Crippen LogP contribution in [0.15, 0.2) is 0 Å². The van der Waals surface area contributed by atoms with Crippen LogP contribution in [0, 0.1) is 0 Å². The van der Waals surface area contributed by atoms with Gasteiger partial charge in [-0.15, -0.1) is 0 Å². The zero-order valence-electron chi connectivity index (χ0n) is 12.7. The summed E-state index contributed by atoms with van der Waals surface area (Å²) >= 11 is 0. The topological polar surface area (TPSA) is 52.7 Å². The Kier molecular flexibility index (Phi) is 3.27. The molecule has 0 aromatic carbocycles. The van der Waals surface area contributed by atoms with Gasteiger partial charge in [0.15, 0.2) is 0 Å². The van der Waals surface area contributed by atoms with Gasteiger partial charge in [-0.3, -0.25) is 14.5 Å². The highest BCUT2D eigenvalue weighted by Crippen LogP contribution is 2.35. The van der Waals surface area contributed by atoms with Crippen molar-refractivity contribution in [1.82, 2.24) is 15.1 Å². The van der Waals surface area contributed by atoms with Gasteiger partial charge in [0.2, 0.25) is 11.8 Å². The Bertz CT molecular complexity index is 435. The molecule has 5 nitrogen and oxygen atoms in total. The van der Waals surface area contributed by atoms with E-state index < -0.39 is 5.54 Å². The Morgan fingerprint density at radius 1 is 1.20 bits per heavy atom. The molecule has 5 heteroatoms. The molecule has 3 aliphatic heterocycles. The van der Waals surface area contributed by atoms with Gasteiger partial charge in [-0.1, -0.05) is 6.92 Å². The van der Waals surface area contributed by atoms with Crippen molar-refractivity contribution in [3.8, 4) is 0 Å². The zero-order chi connectivity index (χ0) is 14.5. The summed E-state index contributed by atoms with van der Waals surface area (Å²) in [4.78, 5) is 29.6. The number of nitrogens with zero attached hydrogens (tertiary/aromatic N) is 2. The predicted molar refractivity (Wildman–Crippen MR) is 76.1 cm³/mol. The molecule has 3 heterocycles. The summed E-state index contributed by atoms with van der Waals surface area (Å²) in [5, 5.41) is 2.88. The van der Waals surface area contributed by atoms with Gasteiger partial charge in [0.05, 0.1) is 0 Å². The summed E-state index contributed by atoms with van der Waals surface area (Å²) in [5.41, 5.74) is -0.769. The van der Waals surface area contributed by atoms with Crippen molar-refractivity contribution in [2.24, 2.45) is 0 Å². The number of carbonyl (C=O) groups excluding carboxylic acids is 2. The van der Waals surface area contributed by atoms with Crippen LogP contribution in [-0.2, 0) is 9.59 Å². The number of carbonyl (C=O) groups is 2. The average molecular weight is 279 g/mol. The smallest absolute Gasteiger partial charge is 0.248 e. The van der Waals surface area contributed by atoms with Crippen molar-refractivity contribution in [2.45, 2.75) is 70.1 Å². The van der Waals surface area contributed by atoms with Crippen LogP contribution in [-0.4, -0.2) is 58.4 Å². The van der Waals surface area contributed by atoms with Crippen LogP contribution in [0.5, 0.6) is 0 Å². The van der Waals surface area contributed by atoms with Crippen molar-refractivity contribution < 1.29 is 9.59 Å². The van der Waals surface area contributed by atoms with E-state index in [-0.39, 0.29) is 23.9 Å². The van der Waals surface area contributed by atoms with E-state index in [1.165, 1.54) is 6.42 Å². The van der Waals surface area contributed by atoms with E-state index in [4.69, 9.17) is 0 Å². The van der Waals surface area contributed by atoms with E-state index in [9.17, 15) is 9.59 Å². The molecule has 2 amide bonds. The lowest BCUT2D eigenvalue weighted by molar-refractivity contribution is -0.157. The maximum absolute atomic E-state index is 12.8. The van der Waals surface area contributed by atoms with Crippen molar-refractivity contribution in [2.75, 3.05) is 13.1 Å². The Balaban J connectivity index is 1.91. The molecule has 112 valence electrons. The van der Waals surface area contributed by atoms with Gasteiger partial charge in [-0.25, -0.2) is 0 Å². The lowest BCUT2D eigenvalue weighted by atomic mass is 9.91. The van der Waals surface area contributed by atoms with E-state index in [2.05, 4.69) is 10.2 Å². The van der Waals surface area contributed by atoms with Crippen molar-refractivity contribution in [3.63, 3.8) is 0 Å². The largest absolute Gasteiger partial charge is 0.340 e. The number of hydrogen-bond acceptors (Lipinski definition) is 3. The number of nitrogens with one attached hydrogen (secondary N) is 1. The fourth-order valence-corrected chi connectivity index (χ4v) is 4.18. The third-order valence-electron chi connectivity index (χ3n) is 5.16. The monoisotopic (exact) mass is 279 g/mol. The minimum Gasteiger partial charge on any atom is -0.340 e. The minimum absolute atomic E-state index is 0.00791. The number of fused-ring (bicyclic) bond motifs is 1. The summed E-state index contributed by atoms with van der Waals surface area (Å²) in [5.74, 6) is 0.0937. The lowest BCUT2D eigenvalue weighted by Crippen LogP contribution is -2.70. The highest BCUT2D eigenvalue weighted by molar-refractivity contribution is 5.99. The van der Waals surface area contributed by atoms with Crippen LogP contribution in [0.4, 0.5) is 0 Å². The molecule has 3 rings (SSSR count). The van der Waals surface area contributed by atoms with E-state index in [0.717, 1.165) is 25.9 Å². The molecule has 20 heavy (non-hydrogen) atoms. The average Bonchev–Trinajstić information content (AvgIpc) is 2.95. The second-order valence-corrected chi connectivity index (χ2v) is 6.85. The van der Waals surface area contributed by atoms with Gasteiger partial charge in [0.25, 0.3) is 0 Å². The van der Waals surface area contributed by atoms with E-state index in [1.54, 1.807) is 0 Å². The predicted octanol–water partition coefficient (Wildman–Crippen LogP) is 0.739. The van der Waals surface area contributed by atoms with Crippen LogP contribution >= 0.6 is 0 Å². The summed E-state index contributed by atoms with van der Waals surface area (Å²) in [6.07, 6.45) is 4.08. The van der Waals surface area contributed by atoms with Crippen LogP contribution in [0.25, 0.3) is 0 Å². The second-order valence-electron chi connectivity index (χ2n) is 6.85. The first-order valence-corrected chi connectivity index (χ1v) is 7.84. The molecular weight excluding hydrogens is 254 g/mol. The van der Waals surface area contributed by atoms with Crippen LogP contribution < -0.4 is 5.32 Å². The molecule has 1 N–H and O–H groups in total. The molecule has 0 bridgehead atoms. The molecule has 0 spiro atoms. The normalized spacial score (nSPS) is 37.1. The van der Waals surface area contributed by atoms with Crippen LogP contribution in [0.1, 0.15) is 46.5 Å². The summed E-state index contributed by atoms with van der Waals surface area (Å²) in [6, 6.07) is 0.399. The molecule has 0 aromatic rings. The zero-order valence-corrected chi connectivity index (χ0v) is 12.7. The SMILES string of the molecule is CCC1C(=O)NC(C)(C)C(=O)N1C1CCN2CCCC12. The van der Waals surface area contributed by atoms with Crippen LogP contribution in [0.2, 0.25) is 0 Å². The molecule has 0 aromatic heterocycles. The Hall–Kier alpha value is -1.10. The summed E-state index contributed by atoms with van der Waals surface area (Å²) in [7, 11) is 0. The van der Waals surface area contributed by atoms with Gasteiger partial charge in [0.1, 0.15) is 11.6 Å². The Labute approximate surface area is 120 Å². The minimum atomic E-state index is -0.769. The molecule has 3 aliphatic rings. The molecule has 0 aliphatic carbocycles. The van der Waals surface area contributed by atoms with E-state index in [1.807, 2.05) is 25.7 Å². The second kappa shape index (κ2) is 4.72. The highest BCUT2D eigenvalue weighted by atomic mass is 16.2. The number of hydrogen-bond donors (Lipinski definition) is 1. The van der Waals surface area contributed by atoms with Gasteiger partial charge in [0, 0.05) is 18.6 Å². The molecule has 3 saturated heterocycles. The summed E-state index contributed by atoms with van der Waals surface area (Å²) in [6.45, 7) is 7.83. The third-order valence-corrected chi connectivity index (χ3v) is 5.16.